The summed E-state index contributed by atoms with van der Waals surface area (Å²) in [7, 11) is 0. The first-order valence-electron chi connectivity index (χ1n) is 6.81. The third-order valence-corrected chi connectivity index (χ3v) is 3.79. The van der Waals surface area contributed by atoms with Crippen molar-refractivity contribution in [1.82, 2.24) is 0 Å². The fourth-order valence-corrected chi connectivity index (χ4v) is 2.64. The Labute approximate surface area is 113 Å². The molecule has 1 fully saturated rings. The Morgan fingerprint density at radius 1 is 1.32 bits per heavy atom. The minimum Gasteiger partial charge on any atom is -0.505 e. The molecule has 0 aromatic heterocycles. The number of aryl methyl sites for hydroxylation is 1. The number of anilines is 1. The molecule has 0 aliphatic heterocycles. The van der Waals surface area contributed by atoms with E-state index in [-0.39, 0.29) is 18.1 Å². The first kappa shape index (κ1) is 13.9. The van der Waals surface area contributed by atoms with E-state index in [1.54, 1.807) is 25.1 Å². The zero-order valence-corrected chi connectivity index (χ0v) is 11.3. The molecule has 1 aromatic rings. The Kier molecular flexibility index (Phi) is 4.10. The number of phenolic OH excluding ortho intramolecular Hbond substituents is 1. The lowest BCUT2D eigenvalue weighted by Gasteiger charge is -2.31. The SMILES string of the molecule is Cc1cccc(NC(=O)CC2(O)CCCCC2)c1O. The zero-order chi connectivity index (χ0) is 13.9. The Balaban J connectivity index is 1.99. The van der Waals surface area contributed by atoms with Gasteiger partial charge in [-0.3, -0.25) is 4.79 Å². The number of hydrogen-bond acceptors (Lipinski definition) is 3. The number of carbonyl (C=O) groups excluding carboxylic acids is 1. The first-order valence-corrected chi connectivity index (χ1v) is 6.81. The van der Waals surface area contributed by atoms with Crippen LogP contribution < -0.4 is 5.32 Å². The van der Waals surface area contributed by atoms with Crippen molar-refractivity contribution in [2.45, 2.75) is 51.0 Å². The lowest BCUT2D eigenvalue weighted by Crippen LogP contribution is -2.35. The Morgan fingerprint density at radius 3 is 2.68 bits per heavy atom. The van der Waals surface area contributed by atoms with Crippen molar-refractivity contribution in [3.05, 3.63) is 23.8 Å². The second-order valence-corrected chi connectivity index (χ2v) is 5.48. The average molecular weight is 263 g/mol. The summed E-state index contributed by atoms with van der Waals surface area (Å²) in [5, 5.41) is 22.8. The fourth-order valence-electron chi connectivity index (χ4n) is 2.64. The molecular formula is C15H21NO3. The number of para-hydroxylation sites is 1. The highest BCUT2D eigenvalue weighted by Gasteiger charge is 2.31. The van der Waals surface area contributed by atoms with E-state index >= 15 is 0 Å². The predicted molar refractivity (Wildman–Crippen MR) is 74.1 cm³/mol. The van der Waals surface area contributed by atoms with E-state index in [0.29, 0.717) is 24.1 Å². The molecule has 1 aliphatic rings. The molecule has 0 saturated heterocycles. The van der Waals surface area contributed by atoms with Crippen LogP contribution in [0, 0.1) is 6.92 Å². The number of rotatable bonds is 3. The molecule has 0 unspecified atom stereocenters. The number of aliphatic hydroxyl groups is 1. The lowest BCUT2D eigenvalue weighted by molar-refractivity contribution is -0.122. The van der Waals surface area contributed by atoms with Crippen LogP contribution in [0.4, 0.5) is 5.69 Å². The molecule has 1 aromatic carbocycles. The van der Waals surface area contributed by atoms with Crippen LogP contribution >= 0.6 is 0 Å². The highest BCUT2D eigenvalue weighted by molar-refractivity contribution is 5.93. The number of nitrogens with one attached hydrogen (secondary N) is 1. The van der Waals surface area contributed by atoms with Crippen molar-refractivity contribution in [2.75, 3.05) is 5.32 Å². The lowest BCUT2D eigenvalue weighted by atomic mass is 9.82. The largest absolute Gasteiger partial charge is 0.505 e. The third kappa shape index (κ3) is 3.47. The second-order valence-electron chi connectivity index (χ2n) is 5.48. The van der Waals surface area contributed by atoms with Crippen LogP contribution in [0.3, 0.4) is 0 Å². The average Bonchev–Trinajstić information content (AvgIpc) is 2.35. The number of phenols is 1. The molecule has 0 heterocycles. The van der Waals surface area contributed by atoms with Crippen molar-refractivity contribution in [1.29, 1.82) is 0 Å². The Hall–Kier alpha value is -1.55. The summed E-state index contributed by atoms with van der Waals surface area (Å²) in [6.45, 7) is 1.78. The highest BCUT2D eigenvalue weighted by Crippen LogP contribution is 2.32. The molecule has 1 aliphatic carbocycles. The van der Waals surface area contributed by atoms with E-state index < -0.39 is 5.60 Å². The van der Waals surface area contributed by atoms with Gasteiger partial charge in [0.25, 0.3) is 0 Å². The van der Waals surface area contributed by atoms with Crippen LogP contribution in [-0.2, 0) is 4.79 Å². The van der Waals surface area contributed by atoms with Gasteiger partial charge < -0.3 is 15.5 Å². The Morgan fingerprint density at radius 2 is 2.00 bits per heavy atom. The number of amides is 1. The summed E-state index contributed by atoms with van der Waals surface area (Å²) in [5.74, 6) is -0.156. The van der Waals surface area contributed by atoms with Crippen LogP contribution in [0.25, 0.3) is 0 Å². The number of benzene rings is 1. The Bertz CT molecular complexity index is 464. The zero-order valence-electron chi connectivity index (χ0n) is 11.3. The molecule has 0 bridgehead atoms. The van der Waals surface area contributed by atoms with Gasteiger partial charge in [-0.2, -0.15) is 0 Å². The van der Waals surface area contributed by atoms with Gasteiger partial charge in [0.05, 0.1) is 17.7 Å². The molecule has 4 heteroatoms. The third-order valence-electron chi connectivity index (χ3n) is 3.79. The molecule has 0 spiro atoms. The van der Waals surface area contributed by atoms with Crippen LogP contribution in [0.1, 0.15) is 44.1 Å². The number of hydrogen-bond donors (Lipinski definition) is 3. The van der Waals surface area contributed by atoms with Gasteiger partial charge in [0.15, 0.2) is 0 Å². The maximum atomic E-state index is 12.0. The fraction of sp³-hybridized carbons (Fsp3) is 0.533. The van der Waals surface area contributed by atoms with Crippen LogP contribution in [0.5, 0.6) is 5.75 Å². The standard InChI is InChI=1S/C15H21NO3/c1-11-6-5-7-12(14(11)18)16-13(17)10-15(19)8-3-2-4-9-15/h5-7,18-19H,2-4,8-10H2,1H3,(H,16,17). The van der Waals surface area contributed by atoms with Gasteiger partial charge in [0.1, 0.15) is 5.75 Å². The topological polar surface area (TPSA) is 69.6 Å². The summed E-state index contributed by atoms with van der Waals surface area (Å²) in [6.07, 6.45) is 4.53. The van der Waals surface area contributed by atoms with Crippen LogP contribution in [0.15, 0.2) is 18.2 Å². The normalized spacial score (nSPS) is 18.0. The van der Waals surface area contributed by atoms with Crippen molar-refractivity contribution >= 4 is 11.6 Å². The maximum absolute atomic E-state index is 12.0. The minimum absolute atomic E-state index is 0.0893. The summed E-state index contributed by atoms with van der Waals surface area (Å²) < 4.78 is 0. The molecule has 1 amide bonds. The quantitative estimate of drug-likeness (QED) is 0.734. The summed E-state index contributed by atoms with van der Waals surface area (Å²) >= 11 is 0. The van der Waals surface area contributed by atoms with Gasteiger partial charge in [-0.05, 0) is 31.4 Å². The summed E-state index contributed by atoms with van der Waals surface area (Å²) in [4.78, 5) is 12.0. The molecule has 4 nitrogen and oxygen atoms in total. The van der Waals surface area contributed by atoms with E-state index in [1.807, 2.05) is 0 Å². The van der Waals surface area contributed by atoms with Crippen molar-refractivity contribution in [2.24, 2.45) is 0 Å². The van der Waals surface area contributed by atoms with Crippen molar-refractivity contribution in [3.63, 3.8) is 0 Å². The highest BCUT2D eigenvalue weighted by atomic mass is 16.3. The van der Waals surface area contributed by atoms with Gasteiger partial charge in [-0.1, -0.05) is 31.4 Å². The first-order chi connectivity index (χ1) is 9.00. The van der Waals surface area contributed by atoms with Crippen molar-refractivity contribution < 1.29 is 15.0 Å². The minimum atomic E-state index is -0.873. The van der Waals surface area contributed by atoms with Crippen molar-refractivity contribution in [3.8, 4) is 5.75 Å². The van der Waals surface area contributed by atoms with Gasteiger partial charge in [0, 0.05) is 0 Å². The molecule has 0 atom stereocenters. The maximum Gasteiger partial charge on any atom is 0.227 e. The molecule has 104 valence electrons. The predicted octanol–water partition coefficient (Wildman–Crippen LogP) is 2.72. The van der Waals surface area contributed by atoms with Gasteiger partial charge in [-0.25, -0.2) is 0 Å². The van der Waals surface area contributed by atoms with E-state index in [2.05, 4.69) is 5.32 Å². The molecule has 1 saturated carbocycles. The van der Waals surface area contributed by atoms with Crippen LogP contribution in [0.2, 0.25) is 0 Å². The van der Waals surface area contributed by atoms with Crippen LogP contribution in [-0.4, -0.2) is 21.7 Å². The number of aromatic hydroxyl groups is 1. The summed E-state index contributed by atoms with van der Waals surface area (Å²) in [5.41, 5.74) is 0.250. The number of carbonyl (C=O) groups is 1. The van der Waals surface area contributed by atoms with E-state index in [4.69, 9.17) is 0 Å². The monoisotopic (exact) mass is 263 g/mol. The molecule has 0 radical (unpaired) electrons. The molecule has 19 heavy (non-hydrogen) atoms. The molecular weight excluding hydrogens is 242 g/mol. The summed E-state index contributed by atoms with van der Waals surface area (Å²) in [6, 6.07) is 5.21. The van der Waals surface area contributed by atoms with E-state index in [1.165, 1.54) is 0 Å². The second kappa shape index (κ2) is 5.61. The molecule has 2 rings (SSSR count). The van der Waals surface area contributed by atoms with E-state index in [9.17, 15) is 15.0 Å². The smallest absolute Gasteiger partial charge is 0.227 e. The van der Waals surface area contributed by atoms with Gasteiger partial charge in [-0.15, -0.1) is 0 Å². The molecule has 3 N–H and O–H groups in total. The van der Waals surface area contributed by atoms with E-state index in [0.717, 1.165) is 19.3 Å². The van der Waals surface area contributed by atoms with Gasteiger partial charge in [0.2, 0.25) is 5.91 Å². The van der Waals surface area contributed by atoms with Gasteiger partial charge >= 0.3 is 0 Å².